The first-order valence-corrected chi connectivity index (χ1v) is 11.6. The molecular formula is C24H29BN4O7. The van der Waals surface area contributed by atoms with E-state index in [1.54, 1.807) is 0 Å². The summed E-state index contributed by atoms with van der Waals surface area (Å²) in [5.41, 5.74) is 0.903. The largest absolute Gasteiger partial charge is 0.552 e. The van der Waals surface area contributed by atoms with Gasteiger partial charge in [0.15, 0.2) is 6.10 Å². The van der Waals surface area contributed by atoms with Gasteiger partial charge in [-0.1, -0.05) is 44.2 Å². The highest BCUT2D eigenvalue weighted by molar-refractivity contribution is 6.51. The number of esters is 1. The molecule has 1 aromatic carbocycles. The van der Waals surface area contributed by atoms with Gasteiger partial charge in [0.2, 0.25) is 5.91 Å². The Labute approximate surface area is 209 Å². The Kier molecular flexibility index (Phi) is 9.51. The van der Waals surface area contributed by atoms with Crippen LogP contribution in [0.5, 0.6) is 0 Å². The maximum atomic E-state index is 13.4. The molecule has 36 heavy (non-hydrogen) atoms. The summed E-state index contributed by atoms with van der Waals surface area (Å²) in [6.45, 7) is 3.89. The van der Waals surface area contributed by atoms with Gasteiger partial charge in [0.25, 0.3) is 5.91 Å². The summed E-state index contributed by atoms with van der Waals surface area (Å²) in [6.07, 6.45) is 3.36. The second-order valence-corrected chi connectivity index (χ2v) is 8.76. The SMILES string of the molecule is COC(=O)CC1OB([C@H](CC(C)C)NC(=O)C(Cc2ccccc2)NC(=O)c2cnccn2)OC1=O. The van der Waals surface area contributed by atoms with Crippen LogP contribution in [0.3, 0.4) is 0 Å². The molecule has 1 aliphatic rings. The molecule has 1 saturated heterocycles. The molecule has 1 aliphatic heterocycles. The van der Waals surface area contributed by atoms with E-state index in [-0.39, 0.29) is 24.5 Å². The molecule has 2 amide bonds. The van der Waals surface area contributed by atoms with Crippen molar-refractivity contribution in [2.45, 2.75) is 51.2 Å². The summed E-state index contributed by atoms with van der Waals surface area (Å²) in [6, 6.07) is 8.26. The lowest BCUT2D eigenvalue weighted by atomic mass is 9.74. The molecule has 3 atom stereocenters. The van der Waals surface area contributed by atoms with Gasteiger partial charge in [-0.15, -0.1) is 0 Å². The number of ether oxygens (including phenoxy) is 1. The van der Waals surface area contributed by atoms with Crippen LogP contribution in [0.15, 0.2) is 48.9 Å². The van der Waals surface area contributed by atoms with Gasteiger partial charge in [0, 0.05) is 18.8 Å². The van der Waals surface area contributed by atoms with Crippen LogP contribution in [0, 0.1) is 5.92 Å². The molecule has 1 aromatic heterocycles. The van der Waals surface area contributed by atoms with E-state index in [0.717, 1.165) is 5.56 Å². The lowest BCUT2D eigenvalue weighted by molar-refractivity contribution is -0.147. The molecule has 0 saturated carbocycles. The Morgan fingerprint density at radius 1 is 1.14 bits per heavy atom. The average molecular weight is 496 g/mol. The van der Waals surface area contributed by atoms with Gasteiger partial charge >= 0.3 is 19.1 Å². The first kappa shape index (κ1) is 26.8. The highest BCUT2D eigenvalue weighted by atomic mass is 16.7. The summed E-state index contributed by atoms with van der Waals surface area (Å²) in [4.78, 5) is 57.9. The van der Waals surface area contributed by atoms with Gasteiger partial charge in [-0.05, 0) is 17.9 Å². The second kappa shape index (κ2) is 12.8. The molecule has 2 N–H and O–H groups in total. The zero-order chi connectivity index (χ0) is 26.1. The third-order valence-corrected chi connectivity index (χ3v) is 5.46. The number of nitrogens with zero attached hydrogens (tertiary/aromatic N) is 2. The number of benzene rings is 1. The van der Waals surface area contributed by atoms with Crippen molar-refractivity contribution in [3.63, 3.8) is 0 Å². The molecule has 2 heterocycles. The zero-order valence-corrected chi connectivity index (χ0v) is 20.4. The number of aromatic nitrogens is 2. The van der Waals surface area contributed by atoms with Crippen LogP contribution in [0.2, 0.25) is 0 Å². The molecule has 0 spiro atoms. The Hall–Kier alpha value is -3.80. The Balaban J connectivity index is 1.76. The topological polar surface area (TPSA) is 146 Å². The van der Waals surface area contributed by atoms with Gasteiger partial charge in [-0.25, -0.2) is 4.98 Å². The Morgan fingerprint density at radius 3 is 2.53 bits per heavy atom. The number of carbonyl (C=O) groups is 4. The average Bonchev–Trinajstić information content (AvgIpc) is 3.23. The van der Waals surface area contributed by atoms with E-state index in [4.69, 9.17) is 9.31 Å². The molecule has 3 rings (SSSR count). The number of methoxy groups -OCH3 is 1. The molecule has 2 unspecified atom stereocenters. The fourth-order valence-corrected chi connectivity index (χ4v) is 3.72. The Morgan fingerprint density at radius 2 is 1.89 bits per heavy atom. The number of rotatable bonds is 11. The molecule has 190 valence electrons. The smallest absolute Gasteiger partial charge is 0.506 e. The minimum atomic E-state index is -1.12. The van der Waals surface area contributed by atoms with Crippen LogP contribution < -0.4 is 10.6 Å². The number of nitrogens with one attached hydrogen (secondary N) is 2. The van der Waals surface area contributed by atoms with Crippen LogP contribution in [0.25, 0.3) is 0 Å². The second-order valence-electron chi connectivity index (χ2n) is 8.76. The molecule has 0 bridgehead atoms. The monoisotopic (exact) mass is 496 g/mol. The van der Waals surface area contributed by atoms with Crippen LogP contribution in [-0.2, 0) is 34.9 Å². The fraction of sp³-hybridized carbons (Fsp3) is 0.417. The summed E-state index contributed by atoms with van der Waals surface area (Å²) in [5.74, 6) is -2.96. The van der Waals surface area contributed by atoms with Gasteiger partial charge in [-0.2, -0.15) is 0 Å². The van der Waals surface area contributed by atoms with Crippen molar-refractivity contribution in [3.8, 4) is 0 Å². The standard InChI is InChI=1S/C24H29BN4O7/c1-15(2)11-20(25-35-19(24(33)36-25)13-21(30)34-3)29-22(31)17(12-16-7-5-4-6-8-16)28-23(32)18-14-26-9-10-27-18/h4-10,14-15,17,19-20H,11-13H2,1-3H3,(H,28,32)(H,29,31)/t17?,19?,20-/m0/s1. The molecule has 11 nitrogen and oxygen atoms in total. The third kappa shape index (κ3) is 7.60. The lowest BCUT2D eigenvalue weighted by Crippen LogP contribution is -2.55. The molecule has 1 fully saturated rings. The van der Waals surface area contributed by atoms with Crippen molar-refractivity contribution in [1.82, 2.24) is 20.6 Å². The Bertz CT molecular complexity index is 1050. The van der Waals surface area contributed by atoms with Crippen molar-refractivity contribution >= 4 is 30.9 Å². The zero-order valence-electron chi connectivity index (χ0n) is 20.4. The highest BCUT2D eigenvalue weighted by Gasteiger charge is 2.47. The van der Waals surface area contributed by atoms with E-state index in [9.17, 15) is 19.2 Å². The van der Waals surface area contributed by atoms with Gasteiger partial charge in [0.1, 0.15) is 11.7 Å². The lowest BCUT2D eigenvalue weighted by Gasteiger charge is -2.25. The van der Waals surface area contributed by atoms with Crippen molar-refractivity contribution in [1.29, 1.82) is 0 Å². The summed E-state index contributed by atoms with van der Waals surface area (Å²) in [5, 5.41) is 5.59. The van der Waals surface area contributed by atoms with Gasteiger partial charge < -0.3 is 24.7 Å². The van der Waals surface area contributed by atoms with Gasteiger partial charge in [-0.3, -0.25) is 24.2 Å². The summed E-state index contributed by atoms with van der Waals surface area (Å²) in [7, 11) is 0.121. The highest BCUT2D eigenvalue weighted by Crippen LogP contribution is 2.20. The van der Waals surface area contributed by atoms with E-state index in [1.165, 1.54) is 25.7 Å². The first-order chi connectivity index (χ1) is 17.3. The number of hydrogen-bond donors (Lipinski definition) is 2. The predicted molar refractivity (Wildman–Crippen MR) is 128 cm³/mol. The van der Waals surface area contributed by atoms with E-state index in [0.29, 0.717) is 6.42 Å². The fourth-order valence-electron chi connectivity index (χ4n) is 3.72. The van der Waals surface area contributed by atoms with Crippen LogP contribution in [-0.4, -0.2) is 66.0 Å². The van der Waals surface area contributed by atoms with E-state index < -0.39 is 49.0 Å². The first-order valence-electron chi connectivity index (χ1n) is 11.6. The molecule has 0 aliphatic carbocycles. The third-order valence-electron chi connectivity index (χ3n) is 5.46. The number of amides is 2. The van der Waals surface area contributed by atoms with Crippen molar-refractivity contribution < 1.29 is 33.2 Å². The minimum absolute atomic E-state index is 0.0702. The van der Waals surface area contributed by atoms with E-state index in [2.05, 4.69) is 25.3 Å². The van der Waals surface area contributed by atoms with Gasteiger partial charge in [0.05, 0.1) is 25.7 Å². The van der Waals surface area contributed by atoms with E-state index in [1.807, 2.05) is 44.2 Å². The predicted octanol–water partition coefficient (Wildman–Crippen LogP) is 0.881. The summed E-state index contributed by atoms with van der Waals surface area (Å²) < 4.78 is 15.6. The molecule has 12 heteroatoms. The number of hydrogen-bond acceptors (Lipinski definition) is 9. The maximum absolute atomic E-state index is 13.4. The van der Waals surface area contributed by atoms with Crippen LogP contribution in [0.1, 0.15) is 42.7 Å². The van der Waals surface area contributed by atoms with Crippen LogP contribution in [0.4, 0.5) is 0 Å². The van der Waals surface area contributed by atoms with E-state index >= 15 is 0 Å². The van der Waals surface area contributed by atoms with Crippen molar-refractivity contribution in [2.24, 2.45) is 5.92 Å². The van der Waals surface area contributed by atoms with Crippen LogP contribution >= 0.6 is 0 Å². The molecule has 2 aromatic rings. The molecular weight excluding hydrogens is 467 g/mol. The van der Waals surface area contributed by atoms with Crippen molar-refractivity contribution in [2.75, 3.05) is 7.11 Å². The minimum Gasteiger partial charge on any atom is -0.506 e. The normalized spacial score (nSPS) is 16.7. The van der Waals surface area contributed by atoms with Crippen molar-refractivity contribution in [3.05, 3.63) is 60.2 Å². The quantitative estimate of drug-likeness (QED) is 0.342. The maximum Gasteiger partial charge on any atom is 0.552 e. The molecule has 0 radical (unpaired) electrons. The summed E-state index contributed by atoms with van der Waals surface area (Å²) >= 11 is 0. The number of carbonyl (C=O) groups excluding carboxylic acids is 4.